The summed E-state index contributed by atoms with van der Waals surface area (Å²) in [5.41, 5.74) is -1.84. The zero-order valence-corrected chi connectivity index (χ0v) is 10.9. The number of halogens is 3. The fourth-order valence-corrected chi connectivity index (χ4v) is 1.64. The van der Waals surface area contributed by atoms with Crippen LogP contribution in [0.3, 0.4) is 0 Å². The lowest BCUT2D eigenvalue weighted by atomic mass is 10.1. The Balaban J connectivity index is 2.70. The minimum atomic E-state index is -4.53. The minimum absolute atomic E-state index is 0.199. The number of benzene rings is 1. The highest BCUT2D eigenvalue weighted by molar-refractivity contribution is 5.85. The van der Waals surface area contributed by atoms with Crippen molar-refractivity contribution in [3.63, 3.8) is 0 Å². The fourth-order valence-electron chi connectivity index (χ4n) is 1.64. The zero-order valence-electron chi connectivity index (χ0n) is 10.9. The number of aliphatic hydroxyl groups is 1. The average Bonchev–Trinajstić information content (AvgIpc) is 2.33. The number of fused-ring (bicyclic) bond motifs is 1. The maximum Gasteiger partial charge on any atom is 0.433 e. The standard InChI is InChI=1S/C15H12F3NO/c1-14(2,20)8-7-10-9-13(15(16,17)18)19-12-6-4-3-5-11(10)12/h3-6,9,20H,1-2H3. The molecule has 2 nitrogen and oxygen atoms in total. The molecule has 0 unspecified atom stereocenters. The summed E-state index contributed by atoms with van der Waals surface area (Å²) in [6.07, 6.45) is -4.53. The van der Waals surface area contributed by atoms with Gasteiger partial charge in [0.2, 0.25) is 0 Å². The number of hydrogen-bond acceptors (Lipinski definition) is 2. The maximum atomic E-state index is 12.8. The summed E-state index contributed by atoms with van der Waals surface area (Å²) >= 11 is 0. The Hall–Kier alpha value is -2.06. The van der Waals surface area contributed by atoms with Crippen LogP contribution in [0.5, 0.6) is 0 Å². The van der Waals surface area contributed by atoms with E-state index in [9.17, 15) is 18.3 Å². The fraction of sp³-hybridized carbons (Fsp3) is 0.267. The molecule has 0 aliphatic heterocycles. The molecule has 20 heavy (non-hydrogen) atoms. The van der Waals surface area contributed by atoms with Gasteiger partial charge in [-0.1, -0.05) is 30.0 Å². The molecule has 0 atom stereocenters. The van der Waals surface area contributed by atoms with Crippen molar-refractivity contribution in [3.05, 3.63) is 41.6 Å². The predicted octanol–water partition coefficient (Wildman–Crippen LogP) is 3.38. The molecule has 0 saturated heterocycles. The smallest absolute Gasteiger partial charge is 0.378 e. The highest BCUT2D eigenvalue weighted by Gasteiger charge is 2.33. The molecule has 1 aromatic heterocycles. The van der Waals surface area contributed by atoms with Gasteiger partial charge >= 0.3 is 6.18 Å². The molecule has 2 rings (SSSR count). The van der Waals surface area contributed by atoms with Gasteiger partial charge in [-0.05, 0) is 26.0 Å². The summed E-state index contributed by atoms with van der Waals surface area (Å²) in [7, 11) is 0. The molecular weight excluding hydrogens is 267 g/mol. The van der Waals surface area contributed by atoms with E-state index in [1.807, 2.05) is 0 Å². The van der Waals surface area contributed by atoms with Gasteiger partial charge in [-0.15, -0.1) is 0 Å². The Kier molecular flexibility index (Phi) is 3.45. The second-order valence-electron chi connectivity index (χ2n) is 4.88. The van der Waals surface area contributed by atoms with Crippen molar-refractivity contribution >= 4 is 10.9 Å². The molecule has 0 amide bonds. The Labute approximate surface area is 114 Å². The molecular formula is C15H12F3NO. The number of pyridine rings is 1. The van der Waals surface area contributed by atoms with Crippen LogP contribution in [0, 0.1) is 11.8 Å². The normalized spacial score (nSPS) is 12.1. The van der Waals surface area contributed by atoms with Gasteiger partial charge < -0.3 is 5.11 Å². The van der Waals surface area contributed by atoms with E-state index in [2.05, 4.69) is 16.8 Å². The third kappa shape index (κ3) is 3.28. The van der Waals surface area contributed by atoms with Crippen LogP contribution in [0.15, 0.2) is 30.3 Å². The number of para-hydroxylation sites is 1. The second-order valence-corrected chi connectivity index (χ2v) is 4.88. The average molecular weight is 279 g/mol. The van der Waals surface area contributed by atoms with Crippen LogP contribution in [-0.2, 0) is 6.18 Å². The van der Waals surface area contributed by atoms with Crippen molar-refractivity contribution in [3.8, 4) is 11.8 Å². The third-order valence-corrected chi connectivity index (χ3v) is 2.51. The van der Waals surface area contributed by atoms with Crippen LogP contribution in [0.4, 0.5) is 13.2 Å². The largest absolute Gasteiger partial charge is 0.433 e. The Morgan fingerprint density at radius 1 is 1.15 bits per heavy atom. The first-order valence-corrected chi connectivity index (χ1v) is 5.89. The summed E-state index contributed by atoms with van der Waals surface area (Å²) < 4.78 is 38.4. The molecule has 1 heterocycles. The number of aromatic nitrogens is 1. The number of rotatable bonds is 0. The minimum Gasteiger partial charge on any atom is -0.378 e. The summed E-state index contributed by atoms with van der Waals surface area (Å²) in [4.78, 5) is 3.60. The van der Waals surface area contributed by atoms with Crippen molar-refractivity contribution in [2.45, 2.75) is 25.6 Å². The van der Waals surface area contributed by atoms with E-state index in [1.54, 1.807) is 18.2 Å². The van der Waals surface area contributed by atoms with Gasteiger partial charge in [-0.2, -0.15) is 13.2 Å². The molecule has 0 aliphatic rings. The van der Waals surface area contributed by atoms with E-state index in [-0.39, 0.29) is 11.1 Å². The monoisotopic (exact) mass is 279 g/mol. The highest BCUT2D eigenvalue weighted by atomic mass is 19.4. The lowest BCUT2D eigenvalue weighted by Gasteiger charge is -2.10. The highest BCUT2D eigenvalue weighted by Crippen LogP contribution is 2.30. The van der Waals surface area contributed by atoms with Gasteiger partial charge in [-0.3, -0.25) is 0 Å². The molecule has 104 valence electrons. The number of nitrogens with zero attached hydrogens (tertiary/aromatic N) is 1. The quantitative estimate of drug-likeness (QED) is 0.750. The van der Waals surface area contributed by atoms with E-state index in [4.69, 9.17) is 0 Å². The van der Waals surface area contributed by atoms with E-state index in [0.717, 1.165) is 6.07 Å². The van der Waals surface area contributed by atoms with Crippen molar-refractivity contribution in [2.24, 2.45) is 0 Å². The molecule has 0 spiro atoms. The summed E-state index contributed by atoms with van der Waals surface area (Å²) in [5, 5.41) is 10.1. The Morgan fingerprint density at radius 3 is 2.40 bits per heavy atom. The summed E-state index contributed by atoms with van der Waals surface area (Å²) in [6.45, 7) is 2.93. The summed E-state index contributed by atoms with van der Waals surface area (Å²) in [5.74, 6) is 5.12. The van der Waals surface area contributed by atoms with Gasteiger partial charge in [0.05, 0.1) is 5.52 Å². The van der Waals surface area contributed by atoms with Crippen LogP contribution in [0.1, 0.15) is 25.1 Å². The molecule has 1 N–H and O–H groups in total. The maximum absolute atomic E-state index is 12.8. The van der Waals surface area contributed by atoms with Gasteiger partial charge in [-0.25, -0.2) is 4.98 Å². The van der Waals surface area contributed by atoms with E-state index in [0.29, 0.717) is 5.39 Å². The van der Waals surface area contributed by atoms with Gasteiger partial charge in [0.25, 0.3) is 0 Å². The lowest BCUT2D eigenvalue weighted by molar-refractivity contribution is -0.140. The Morgan fingerprint density at radius 2 is 1.80 bits per heavy atom. The third-order valence-electron chi connectivity index (χ3n) is 2.51. The van der Waals surface area contributed by atoms with Crippen LogP contribution < -0.4 is 0 Å². The molecule has 0 radical (unpaired) electrons. The first-order chi connectivity index (χ1) is 9.17. The zero-order chi connectivity index (χ0) is 15.0. The van der Waals surface area contributed by atoms with E-state index >= 15 is 0 Å². The van der Waals surface area contributed by atoms with Crippen LogP contribution in [0.2, 0.25) is 0 Å². The van der Waals surface area contributed by atoms with Crippen molar-refractivity contribution in [1.82, 2.24) is 4.98 Å². The number of alkyl halides is 3. The molecule has 5 heteroatoms. The predicted molar refractivity (Wildman–Crippen MR) is 69.9 cm³/mol. The first kappa shape index (κ1) is 14.4. The molecule has 0 fully saturated rings. The molecule has 1 aromatic carbocycles. The van der Waals surface area contributed by atoms with Crippen LogP contribution in [-0.4, -0.2) is 15.7 Å². The van der Waals surface area contributed by atoms with Gasteiger partial charge in [0.1, 0.15) is 11.3 Å². The van der Waals surface area contributed by atoms with Crippen molar-refractivity contribution in [2.75, 3.05) is 0 Å². The molecule has 0 saturated carbocycles. The Bertz CT molecular complexity index is 703. The molecule has 0 aliphatic carbocycles. The van der Waals surface area contributed by atoms with Crippen LogP contribution in [0.25, 0.3) is 10.9 Å². The van der Waals surface area contributed by atoms with Gasteiger partial charge in [0, 0.05) is 10.9 Å². The van der Waals surface area contributed by atoms with Crippen LogP contribution >= 0.6 is 0 Å². The van der Waals surface area contributed by atoms with Gasteiger partial charge in [0.15, 0.2) is 0 Å². The van der Waals surface area contributed by atoms with E-state index in [1.165, 1.54) is 19.9 Å². The van der Waals surface area contributed by atoms with Crippen molar-refractivity contribution in [1.29, 1.82) is 0 Å². The van der Waals surface area contributed by atoms with E-state index < -0.39 is 17.5 Å². The lowest BCUT2D eigenvalue weighted by Crippen LogP contribution is -2.14. The molecule has 2 aromatic rings. The second kappa shape index (κ2) is 4.80. The number of hydrogen-bond donors (Lipinski definition) is 1. The van der Waals surface area contributed by atoms with Crippen molar-refractivity contribution < 1.29 is 18.3 Å². The molecule has 0 bridgehead atoms. The summed E-state index contributed by atoms with van der Waals surface area (Å²) in [6, 6.07) is 7.37. The SMILES string of the molecule is CC(C)(O)C#Cc1cc(C(F)(F)F)nc2ccccc12. The first-order valence-electron chi connectivity index (χ1n) is 5.89. The topological polar surface area (TPSA) is 33.1 Å².